The van der Waals surface area contributed by atoms with E-state index >= 15 is 0 Å². The van der Waals surface area contributed by atoms with E-state index in [4.69, 9.17) is 4.74 Å². The number of ether oxygens (including phenoxy) is 1. The molecule has 7 heteroatoms. The second kappa shape index (κ2) is 10.6. The summed E-state index contributed by atoms with van der Waals surface area (Å²) in [6, 6.07) is 0. The van der Waals surface area contributed by atoms with E-state index in [-0.39, 0.29) is 24.0 Å². The highest BCUT2D eigenvalue weighted by molar-refractivity contribution is 14.0. The van der Waals surface area contributed by atoms with Gasteiger partial charge in [-0.1, -0.05) is 13.8 Å². The lowest BCUT2D eigenvalue weighted by atomic mass is 10.0. The molecule has 0 amide bonds. The van der Waals surface area contributed by atoms with Gasteiger partial charge in [-0.15, -0.1) is 35.3 Å². The molecule has 24 heavy (non-hydrogen) atoms. The summed E-state index contributed by atoms with van der Waals surface area (Å²) in [5, 5.41) is 10.0. The fraction of sp³-hybridized carbons (Fsp3) is 0.765. The number of hydrogen-bond donors (Lipinski definition) is 2. The Morgan fingerprint density at radius 2 is 2.17 bits per heavy atom. The maximum absolute atomic E-state index is 5.22. The molecule has 0 radical (unpaired) electrons. The minimum atomic E-state index is 0. The molecule has 1 heterocycles. The van der Waals surface area contributed by atoms with Crippen molar-refractivity contribution in [2.75, 3.05) is 26.8 Å². The predicted molar refractivity (Wildman–Crippen MR) is 113 cm³/mol. The first kappa shape index (κ1) is 21.6. The lowest BCUT2D eigenvalue weighted by Gasteiger charge is -2.18. The number of thiazole rings is 1. The van der Waals surface area contributed by atoms with Gasteiger partial charge in [0.2, 0.25) is 0 Å². The van der Waals surface area contributed by atoms with Crippen LogP contribution in [0.25, 0.3) is 0 Å². The molecule has 1 saturated carbocycles. The number of rotatable bonds is 9. The second-order valence-corrected chi connectivity index (χ2v) is 7.55. The van der Waals surface area contributed by atoms with Crippen LogP contribution >= 0.6 is 35.3 Å². The summed E-state index contributed by atoms with van der Waals surface area (Å²) >= 11 is 1.69. The zero-order valence-corrected chi connectivity index (χ0v) is 18.4. The van der Waals surface area contributed by atoms with E-state index in [1.54, 1.807) is 18.4 Å². The minimum Gasteiger partial charge on any atom is -0.385 e. The van der Waals surface area contributed by atoms with Gasteiger partial charge in [0, 0.05) is 32.2 Å². The average molecular weight is 466 g/mol. The summed E-state index contributed by atoms with van der Waals surface area (Å²) in [5.41, 5.74) is 1.58. The highest BCUT2D eigenvalue weighted by Crippen LogP contribution is 2.48. The van der Waals surface area contributed by atoms with Gasteiger partial charge in [-0.05, 0) is 37.5 Å². The second-order valence-electron chi connectivity index (χ2n) is 6.61. The first-order valence-electron chi connectivity index (χ1n) is 8.54. The van der Waals surface area contributed by atoms with E-state index in [0.717, 1.165) is 42.8 Å². The molecular formula is C17H31IN4OS. The fourth-order valence-electron chi connectivity index (χ4n) is 2.43. The van der Waals surface area contributed by atoms with Gasteiger partial charge in [0.05, 0.1) is 12.2 Å². The number of methoxy groups -OCH3 is 1. The summed E-state index contributed by atoms with van der Waals surface area (Å²) in [7, 11) is 1.77. The van der Waals surface area contributed by atoms with Crippen molar-refractivity contribution in [3.8, 4) is 0 Å². The van der Waals surface area contributed by atoms with Crippen LogP contribution in [-0.4, -0.2) is 37.7 Å². The SMILES string of the molecule is CCNC(=NCc1nc(C(C)C)cs1)NCC1(CCOC)CC1.I. The fourth-order valence-corrected chi connectivity index (χ4v) is 3.31. The highest BCUT2D eigenvalue weighted by Gasteiger charge is 2.41. The molecule has 1 aliphatic carbocycles. The van der Waals surface area contributed by atoms with E-state index < -0.39 is 0 Å². The van der Waals surface area contributed by atoms with Crippen LogP contribution < -0.4 is 10.6 Å². The molecule has 0 bridgehead atoms. The van der Waals surface area contributed by atoms with Crippen LogP contribution in [0.15, 0.2) is 10.4 Å². The topological polar surface area (TPSA) is 58.5 Å². The number of hydrogen-bond acceptors (Lipinski definition) is 4. The van der Waals surface area contributed by atoms with Gasteiger partial charge in [-0.3, -0.25) is 0 Å². The molecule has 1 aromatic rings. The lowest BCUT2D eigenvalue weighted by molar-refractivity contribution is 0.172. The molecule has 1 fully saturated rings. The van der Waals surface area contributed by atoms with Crippen molar-refractivity contribution in [2.45, 2.75) is 52.5 Å². The molecule has 2 rings (SSSR count). The largest absolute Gasteiger partial charge is 0.385 e. The Labute approximate surface area is 167 Å². The van der Waals surface area contributed by atoms with Crippen molar-refractivity contribution in [2.24, 2.45) is 10.4 Å². The number of nitrogens with one attached hydrogen (secondary N) is 2. The first-order valence-corrected chi connectivity index (χ1v) is 9.42. The molecule has 0 atom stereocenters. The van der Waals surface area contributed by atoms with Crippen molar-refractivity contribution >= 4 is 41.3 Å². The Balaban J connectivity index is 0.00000288. The Hall–Kier alpha value is -0.410. The molecule has 0 spiro atoms. The Bertz CT molecular complexity index is 514. The summed E-state index contributed by atoms with van der Waals surface area (Å²) in [6.45, 7) is 9.74. The summed E-state index contributed by atoms with van der Waals surface area (Å²) in [4.78, 5) is 9.32. The van der Waals surface area contributed by atoms with Gasteiger partial charge >= 0.3 is 0 Å². The summed E-state index contributed by atoms with van der Waals surface area (Å²) in [5.74, 6) is 1.36. The molecule has 1 aliphatic rings. The molecule has 0 aromatic carbocycles. The van der Waals surface area contributed by atoms with Crippen molar-refractivity contribution in [1.82, 2.24) is 15.6 Å². The van der Waals surface area contributed by atoms with E-state index in [0.29, 0.717) is 17.9 Å². The number of nitrogens with zero attached hydrogens (tertiary/aromatic N) is 2. The third kappa shape index (κ3) is 6.84. The van der Waals surface area contributed by atoms with Crippen molar-refractivity contribution in [3.05, 3.63) is 16.1 Å². The quantitative estimate of drug-likeness (QED) is 0.331. The summed E-state index contributed by atoms with van der Waals surface area (Å²) < 4.78 is 5.22. The van der Waals surface area contributed by atoms with E-state index in [1.807, 2.05) is 0 Å². The minimum absolute atomic E-state index is 0. The molecule has 2 N–H and O–H groups in total. The lowest BCUT2D eigenvalue weighted by Crippen LogP contribution is -2.40. The van der Waals surface area contributed by atoms with Crippen LogP contribution in [-0.2, 0) is 11.3 Å². The van der Waals surface area contributed by atoms with Gasteiger partial charge in [0.25, 0.3) is 0 Å². The molecule has 138 valence electrons. The van der Waals surface area contributed by atoms with Crippen LogP contribution in [0.2, 0.25) is 0 Å². The molecule has 0 unspecified atom stereocenters. The number of aliphatic imine (C=N–C) groups is 1. The van der Waals surface area contributed by atoms with Gasteiger partial charge in [0.1, 0.15) is 5.01 Å². The molecule has 0 aliphatic heterocycles. The van der Waals surface area contributed by atoms with Crippen molar-refractivity contribution in [1.29, 1.82) is 0 Å². The monoisotopic (exact) mass is 466 g/mol. The van der Waals surface area contributed by atoms with Crippen molar-refractivity contribution < 1.29 is 4.74 Å². The number of aromatic nitrogens is 1. The zero-order chi connectivity index (χ0) is 16.7. The third-order valence-electron chi connectivity index (χ3n) is 4.30. The molecular weight excluding hydrogens is 435 g/mol. The van der Waals surface area contributed by atoms with E-state index in [9.17, 15) is 0 Å². The van der Waals surface area contributed by atoms with Crippen molar-refractivity contribution in [3.63, 3.8) is 0 Å². The normalized spacial score (nSPS) is 16.0. The van der Waals surface area contributed by atoms with Crippen LogP contribution in [0, 0.1) is 5.41 Å². The molecule has 5 nitrogen and oxygen atoms in total. The number of halogens is 1. The van der Waals surface area contributed by atoms with Crippen LogP contribution in [0.4, 0.5) is 0 Å². The summed E-state index contributed by atoms with van der Waals surface area (Å²) in [6.07, 6.45) is 3.69. The standard InChI is InChI=1S/C17H30N4OS.HI/c1-5-18-16(20-12-17(6-7-17)8-9-22-4)19-10-15-21-14(11-23-15)13(2)3;/h11,13H,5-10,12H2,1-4H3,(H2,18,19,20);1H. The zero-order valence-electron chi connectivity index (χ0n) is 15.2. The van der Waals surface area contributed by atoms with Gasteiger partial charge in [-0.25, -0.2) is 9.98 Å². The predicted octanol–water partition coefficient (Wildman–Crippen LogP) is 3.76. The van der Waals surface area contributed by atoms with Gasteiger partial charge in [0.15, 0.2) is 5.96 Å². The average Bonchev–Trinajstić information content (AvgIpc) is 3.14. The Morgan fingerprint density at radius 1 is 1.42 bits per heavy atom. The van der Waals surface area contributed by atoms with Gasteiger partial charge < -0.3 is 15.4 Å². The Morgan fingerprint density at radius 3 is 2.71 bits per heavy atom. The Kier molecular flexibility index (Phi) is 9.51. The van der Waals surface area contributed by atoms with Crippen LogP contribution in [0.1, 0.15) is 56.7 Å². The van der Waals surface area contributed by atoms with Crippen LogP contribution in [0.5, 0.6) is 0 Å². The van der Waals surface area contributed by atoms with Crippen LogP contribution in [0.3, 0.4) is 0 Å². The number of guanidine groups is 1. The molecule has 1 aromatic heterocycles. The third-order valence-corrected chi connectivity index (χ3v) is 5.15. The van der Waals surface area contributed by atoms with E-state index in [1.165, 1.54) is 12.8 Å². The highest BCUT2D eigenvalue weighted by atomic mass is 127. The maximum Gasteiger partial charge on any atom is 0.191 e. The van der Waals surface area contributed by atoms with Gasteiger partial charge in [-0.2, -0.15) is 0 Å². The molecule has 0 saturated heterocycles. The first-order chi connectivity index (χ1) is 11.1. The van der Waals surface area contributed by atoms with E-state index in [2.05, 4.69) is 46.8 Å². The smallest absolute Gasteiger partial charge is 0.191 e. The maximum atomic E-state index is 5.22.